The van der Waals surface area contributed by atoms with Crippen molar-refractivity contribution in [2.24, 2.45) is 40.4 Å². The molecular formula is C30H44O8. The second kappa shape index (κ2) is 9.27. The minimum Gasteiger partial charge on any atom is -0.458 e. The van der Waals surface area contributed by atoms with Gasteiger partial charge < -0.3 is 24.8 Å². The third-order valence-electron chi connectivity index (χ3n) is 10.4. The van der Waals surface area contributed by atoms with Crippen molar-refractivity contribution in [3.8, 4) is 0 Å². The summed E-state index contributed by atoms with van der Waals surface area (Å²) >= 11 is 0. The van der Waals surface area contributed by atoms with Crippen molar-refractivity contribution in [2.45, 2.75) is 98.1 Å². The molecule has 1 spiro atoms. The first-order valence-electron chi connectivity index (χ1n) is 14.0. The average Bonchev–Trinajstić information content (AvgIpc) is 3.23. The van der Waals surface area contributed by atoms with E-state index < -0.39 is 70.5 Å². The molecule has 3 N–H and O–H groups in total. The number of carbonyl (C=O) groups is 3. The predicted octanol–water partition coefficient (Wildman–Crippen LogP) is 3.12. The third kappa shape index (κ3) is 3.55. The summed E-state index contributed by atoms with van der Waals surface area (Å²) < 4.78 is 12.1. The Morgan fingerprint density at radius 2 is 1.84 bits per heavy atom. The maximum Gasteiger partial charge on any atom is 0.309 e. The highest BCUT2D eigenvalue weighted by molar-refractivity contribution is 5.96. The maximum absolute atomic E-state index is 14.6. The smallest absolute Gasteiger partial charge is 0.309 e. The Balaban J connectivity index is 1.89. The Morgan fingerprint density at radius 3 is 2.39 bits per heavy atom. The highest BCUT2D eigenvalue weighted by Crippen LogP contribution is 2.75. The quantitative estimate of drug-likeness (QED) is 0.337. The number of aliphatic hydroxyl groups excluding tert-OH is 2. The number of ether oxygens (including phenoxy) is 2. The topological polar surface area (TPSA) is 130 Å². The molecule has 0 aliphatic heterocycles. The molecule has 0 aromatic carbocycles. The summed E-state index contributed by atoms with van der Waals surface area (Å²) in [6.07, 6.45) is 1.48. The molecule has 0 amide bonds. The van der Waals surface area contributed by atoms with Gasteiger partial charge in [0.05, 0.1) is 17.9 Å². The van der Waals surface area contributed by atoms with E-state index in [-0.39, 0.29) is 29.7 Å². The number of esters is 2. The van der Waals surface area contributed by atoms with E-state index in [0.717, 1.165) is 0 Å². The molecule has 0 radical (unpaired) electrons. The molecule has 38 heavy (non-hydrogen) atoms. The molecule has 9 atom stereocenters. The van der Waals surface area contributed by atoms with Crippen LogP contribution in [0.2, 0.25) is 0 Å². The van der Waals surface area contributed by atoms with E-state index in [9.17, 15) is 29.7 Å². The zero-order chi connectivity index (χ0) is 28.6. The zero-order valence-electron chi connectivity index (χ0n) is 23.9. The van der Waals surface area contributed by atoms with Gasteiger partial charge in [-0.05, 0) is 42.7 Å². The monoisotopic (exact) mass is 532 g/mol. The summed E-state index contributed by atoms with van der Waals surface area (Å²) in [6, 6.07) is 0. The number of hydrogen-bond donors (Lipinski definition) is 3. The largest absolute Gasteiger partial charge is 0.458 e. The zero-order valence-corrected chi connectivity index (χ0v) is 23.9. The first-order chi connectivity index (χ1) is 17.6. The number of allylic oxidation sites excluding steroid dienone is 1. The summed E-state index contributed by atoms with van der Waals surface area (Å²) in [5.74, 6) is -3.44. The van der Waals surface area contributed by atoms with Crippen LogP contribution < -0.4 is 0 Å². The molecule has 8 heteroatoms. The summed E-state index contributed by atoms with van der Waals surface area (Å²) in [5.41, 5.74) is -4.76. The van der Waals surface area contributed by atoms with Gasteiger partial charge in [0.15, 0.2) is 17.5 Å². The third-order valence-corrected chi connectivity index (χ3v) is 10.4. The van der Waals surface area contributed by atoms with Crippen molar-refractivity contribution < 1.29 is 39.2 Å². The molecule has 4 aliphatic rings. The molecule has 4 rings (SSSR count). The second-order valence-electron chi connectivity index (χ2n) is 13.0. The number of hydrogen-bond acceptors (Lipinski definition) is 8. The van der Waals surface area contributed by atoms with Gasteiger partial charge in [-0.3, -0.25) is 14.4 Å². The molecule has 212 valence electrons. The highest BCUT2D eigenvalue weighted by atomic mass is 16.6. The fourth-order valence-electron chi connectivity index (χ4n) is 7.85. The van der Waals surface area contributed by atoms with E-state index >= 15 is 0 Å². The standard InChI is InChI=1S/C30H44O8/c1-9-10-21(32)38-29-13-17(5)28-12-16(4)25(37-26(35)18(6)15(2)3)30(28,36)23(33)19(14-31)11-20(24(28)34)22(29)27(29,7)8/h11-12,15,17-18,20,22-23,25,31,33,36H,9-10,13-14H2,1-8H3/t17-,18?,20+,22-,23-,25+,28+,29+,30+/m1/s1. The van der Waals surface area contributed by atoms with Gasteiger partial charge in [0.2, 0.25) is 0 Å². The van der Waals surface area contributed by atoms with Gasteiger partial charge >= 0.3 is 11.9 Å². The summed E-state index contributed by atoms with van der Waals surface area (Å²) in [7, 11) is 0. The van der Waals surface area contributed by atoms with Crippen LogP contribution in [0.1, 0.15) is 74.7 Å². The van der Waals surface area contributed by atoms with Crippen LogP contribution in [0, 0.1) is 40.4 Å². The van der Waals surface area contributed by atoms with Gasteiger partial charge in [-0.25, -0.2) is 0 Å². The number of carbonyl (C=O) groups excluding carboxylic acids is 3. The van der Waals surface area contributed by atoms with Crippen molar-refractivity contribution in [3.05, 3.63) is 23.3 Å². The predicted molar refractivity (Wildman–Crippen MR) is 139 cm³/mol. The second-order valence-corrected chi connectivity index (χ2v) is 13.0. The Labute approximate surface area is 225 Å². The molecule has 0 aromatic heterocycles. The molecule has 0 saturated heterocycles. The lowest BCUT2D eigenvalue weighted by Gasteiger charge is -2.49. The first kappa shape index (κ1) is 29.0. The van der Waals surface area contributed by atoms with E-state index in [0.29, 0.717) is 18.4 Å². The van der Waals surface area contributed by atoms with Gasteiger partial charge in [-0.2, -0.15) is 0 Å². The normalized spacial score (nSPS) is 41.7. The van der Waals surface area contributed by atoms with E-state index in [1.807, 2.05) is 41.5 Å². The minimum atomic E-state index is -2.24. The Bertz CT molecular complexity index is 1090. The lowest BCUT2D eigenvalue weighted by molar-refractivity contribution is -0.206. The van der Waals surface area contributed by atoms with Crippen molar-refractivity contribution in [1.82, 2.24) is 0 Å². The van der Waals surface area contributed by atoms with Crippen LogP contribution >= 0.6 is 0 Å². The van der Waals surface area contributed by atoms with Crippen molar-refractivity contribution >= 4 is 17.7 Å². The summed E-state index contributed by atoms with van der Waals surface area (Å²) in [6.45, 7) is 14.3. The number of fused-ring (bicyclic) bond motifs is 3. The van der Waals surface area contributed by atoms with Crippen LogP contribution in [0.5, 0.6) is 0 Å². The molecule has 8 nitrogen and oxygen atoms in total. The fourth-order valence-corrected chi connectivity index (χ4v) is 7.85. The van der Waals surface area contributed by atoms with E-state index in [1.165, 1.54) is 0 Å². The number of rotatable bonds is 7. The van der Waals surface area contributed by atoms with Crippen molar-refractivity contribution in [2.75, 3.05) is 6.61 Å². The molecule has 2 bridgehead atoms. The van der Waals surface area contributed by atoms with E-state index in [1.54, 1.807) is 26.0 Å². The Morgan fingerprint density at radius 1 is 1.21 bits per heavy atom. The molecule has 0 aromatic rings. The minimum absolute atomic E-state index is 0.0152. The number of aliphatic hydroxyl groups is 3. The van der Waals surface area contributed by atoms with Crippen LogP contribution in [0.3, 0.4) is 0 Å². The molecule has 4 aliphatic carbocycles. The maximum atomic E-state index is 14.6. The average molecular weight is 533 g/mol. The number of ketones is 1. The van der Waals surface area contributed by atoms with Gasteiger partial charge in [0.25, 0.3) is 0 Å². The van der Waals surface area contributed by atoms with Gasteiger partial charge in [-0.15, -0.1) is 0 Å². The number of Topliss-reactive ketones (excluding diaryl/α,β-unsaturated/α-hetero) is 1. The van der Waals surface area contributed by atoms with Crippen LogP contribution in [0.4, 0.5) is 0 Å². The van der Waals surface area contributed by atoms with Gasteiger partial charge in [0, 0.05) is 23.7 Å². The first-order valence-corrected chi connectivity index (χ1v) is 14.0. The molecule has 0 heterocycles. The molecule has 1 unspecified atom stereocenters. The van der Waals surface area contributed by atoms with E-state index in [2.05, 4.69) is 0 Å². The Kier molecular flexibility index (Phi) is 7.07. The van der Waals surface area contributed by atoms with Crippen LogP contribution in [0.25, 0.3) is 0 Å². The molecule has 2 saturated carbocycles. The summed E-state index contributed by atoms with van der Waals surface area (Å²) in [4.78, 5) is 40.5. The fraction of sp³-hybridized carbons (Fsp3) is 0.767. The Hall–Kier alpha value is -2.03. The van der Waals surface area contributed by atoms with Gasteiger partial charge in [0.1, 0.15) is 11.7 Å². The lowest BCUT2D eigenvalue weighted by atomic mass is 9.59. The lowest BCUT2D eigenvalue weighted by Crippen LogP contribution is -2.66. The molecular weight excluding hydrogens is 488 g/mol. The van der Waals surface area contributed by atoms with Crippen LogP contribution in [0.15, 0.2) is 23.3 Å². The molecule has 2 fully saturated rings. The highest BCUT2D eigenvalue weighted by Gasteiger charge is 2.83. The van der Waals surface area contributed by atoms with Crippen LogP contribution in [-0.4, -0.2) is 63.1 Å². The van der Waals surface area contributed by atoms with Crippen molar-refractivity contribution in [1.29, 1.82) is 0 Å². The van der Waals surface area contributed by atoms with Crippen LogP contribution in [-0.2, 0) is 23.9 Å². The van der Waals surface area contributed by atoms with E-state index in [4.69, 9.17) is 9.47 Å². The van der Waals surface area contributed by atoms with Crippen molar-refractivity contribution in [3.63, 3.8) is 0 Å². The van der Waals surface area contributed by atoms with Gasteiger partial charge in [-0.1, -0.05) is 60.6 Å². The SMILES string of the molecule is CCCC(=O)O[C@@]12C[C@@H](C)[C@]34C=C(C)[C@H](OC(=O)C(C)C(C)C)[C@@]3(O)[C@H](O)C(CO)=C[C@H](C4=O)[C@@H]1C2(C)C. The summed E-state index contributed by atoms with van der Waals surface area (Å²) in [5, 5.41) is 34.5.